The van der Waals surface area contributed by atoms with E-state index in [4.69, 9.17) is 4.74 Å². The Kier molecular flexibility index (Phi) is 5.22. The minimum atomic E-state index is -0.226. The third-order valence-corrected chi connectivity index (χ3v) is 3.83. The second kappa shape index (κ2) is 6.44. The predicted octanol–water partition coefficient (Wildman–Crippen LogP) is 4.40. The van der Waals surface area contributed by atoms with Gasteiger partial charge in [-0.25, -0.2) is 0 Å². The molecule has 1 aromatic carbocycles. The molecule has 0 fully saturated rings. The Morgan fingerprint density at radius 3 is 2.17 bits per heavy atom. The van der Waals surface area contributed by atoms with Gasteiger partial charge in [-0.05, 0) is 37.8 Å². The van der Waals surface area contributed by atoms with Crippen molar-refractivity contribution < 1.29 is 4.74 Å². The number of rotatable bonds is 6. The zero-order valence-electron chi connectivity index (χ0n) is 11.9. The number of nitrogens with zero attached hydrogens (tertiary/aromatic N) is 1. The van der Waals surface area contributed by atoms with Crippen LogP contribution < -0.4 is 4.74 Å². The monoisotopic (exact) mass is 245 g/mol. The van der Waals surface area contributed by atoms with Crippen LogP contribution in [0.2, 0.25) is 0 Å². The molecule has 2 nitrogen and oxygen atoms in total. The first-order chi connectivity index (χ1) is 8.58. The topological polar surface area (TPSA) is 33.0 Å². The molecule has 1 rings (SSSR count). The molecule has 0 radical (unpaired) electrons. The van der Waals surface area contributed by atoms with Crippen LogP contribution in [0.5, 0.6) is 5.75 Å². The van der Waals surface area contributed by atoms with Gasteiger partial charge in [-0.15, -0.1) is 0 Å². The van der Waals surface area contributed by atoms with Gasteiger partial charge in [0.05, 0.1) is 18.1 Å². The molecule has 0 aliphatic carbocycles. The maximum absolute atomic E-state index is 9.28. The van der Waals surface area contributed by atoms with E-state index in [-0.39, 0.29) is 5.41 Å². The van der Waals surface area contributed by atoms with Gasteiger partial charge >= 0.3 is 0 Å². The van der Waals surface area contributed by atoms with E-state index in [1.165, 1.54) is 0 Å². The van der Waals surface area contributed by atoms with Gasteiger partial charge in [0.2, 0.25) is 0 Å². The largest absolute Gasteiger partial charge is 0.493 e. The molecule has 1 aromatic rings. The van der Waals surface area contributed by atoms with Crippen LogP contribution in [-0.2, 0) is 0 Å². The lowest BCUT2D eigenvalue weighted by Crippen LogP contribution is -2.20. The number of ether oxygens (including phenoxy) is 1. The Morgan fingerprint density at radius 1 is 1.17 bits per heavy atom. The second-order valence-corrected chi connectivity index (χ2v) is 4.92. The average Bonchev–Trinajstić information content (AvgIpc) is 2.38. The molecule has 98 valence electrons. The van der Waals surface area contributed by atoms with Gasteiger partial charge in [-0.2, -0.15) is 5.26 Å². The van der Waals surface area contributed by atoms with Crippen LogP contribution in [0, 0.1) is 30.6 Å². The molecule has 0 spiro atoms. The molecule has 0 heterocycles. The van der Waals surface area contributed by atoms with Crippen LogP contribution in [0.3, 0.4) is 0 Å². The SMILES string of the molecule is CCC(C#N)(CC)CCOc1c(C)cccc1C. The van der Waals surface area contributed by atoms with Crippen LogP contribution >= 0.6 is 0 Å². The summed E-state index contributed by atoms with van der Waals surface area (Å²) in [5, 5.41) is 9.28. The van der Waals surface area contributed by atoms with Gasteiger partial charge in [-0.1, -0.05) is 32.0 Å². The molecule has 0 saturated carbocycles. The molecule has 0 aliphatic rings. The Bertz CT molecular complexity index is 407. The summed E-state index contributed by atoms with van der Waals surface area (Å²) in [6.07, 6.45) is 2.57. The molecular formula is C16H23NO. The minimum absolute atomic E-state index is 0.226. The summed E-state index contributed by atoms with van der Waals surface area (Å²) in [7, 11) is 0. The first-order valence-electron chi connectivity index (χ1n) is 6.69. The second-order valence-electron chi connectivity index (χ2n) is 4.92. The normalized spacial score (nSPS) is 11.1. The van der Waals surface area contributed by atoms with Crippen molar-refractivity contribution in [2.45, 2.75) is 47.0 Å². The highest BCUT2D eigenvalue weighted by atomic mass is 16.5. The Labute approximate surface area is 111 Å². The molecule has 0 saturated heterocycles. The lowest BCUT2D eigenvalue weighted by molar-refractivity contribution is 0.229. The van der Waals surface area contributed by atoms with Crippen LogP contribution in [0.4, 0.5) is 0 Å². The molecule has 0 bridgehead atoms. The van der Waals surface area contributed by atoms with Gasteiger partial charge in [0.25, 0.3) is 0 Å². The summed E-state index contributed by atoms with van der Waals surface area (Å²) in [6, 6.07) is 8.60. The smallest absolute Gasteiger partial charge is 0.125 e. The fourth-order valence-electron chi connectivity index (χ4n) is 2.19. The number of hydrogen-bond acceptors (Lipinski definition) is 2. The number of aryl methyl sites for hydroxylation is 2. The number of nitriles is 1. The van der Waals surface area contributed by atoms with Crippen molar-refractivity contribution in [1.29, 1.82) is 5.26 Å². The Hall–Kier alpha value is -1.49. The molecule has 0 aromatic heterocycles. The van der Waals surface area contributed by atoms with Gasteiger partial charge in [-0.3, -0.25) is 0 Å². The molecule has 18 heavy (non-hydrogen) atoms. The summed E-state index contributed by atoms with van der Waals surface area (Å²) in [5.74, 6) is 0.969. The first-order valence-corrected chi connectivity index (χ1v) is 6.69. The van der Waals surface area contributed by atoms with Crippen molar-refractivity contribution in [3.05, 3.63) is 29.3 Å². The van der Waals surface area contributed by atoms with Crippen LogP contribution in [0.15, 0.2) is 18.2 Å². The van der Waals surface area contributed by atoms with E-state index >= 15 is 0 Å². The molecule has 0 atom stereocenters. The van der Waals surface area contributed by atoms with Crippen LogP contribution in [-0.4, -0.2) is 6.61 Å². The van der Waals surface area contributed by atoms with Crippen molar-refractivity contribution in [3.63, 3.8) is 0 Å². The van der Waals surface area contributed by atoms with E-state index in [0.29, 0.717) is 6.61 Å². The van der Waals surface area contributed by atoms with E-state index in [2.05, 4.69) is 45.9 Å². The summed E-state index contributed by atoms with van der Waals surface area (Å²) >= 11 is 0. The summed E-state index contributed by atoms with van der Waals surface area (Å²) < 4.78 is 5.88. The fourth-order valence-corrected chi connectivity index (χ4v) is 2.19. The van der Waals surface area contributed by atoms with E-state index in [1.54, 1.807) is 0 Å². The zero-order chi connectivity index (χ0) is 13.6. The van der Waals surface area contributed by atoms with Gasteiger partial charge in [0, 0.05) is 6.42 Å². The highest BCUT2D eigenvalue weighted by Gasteiger charge is 2.25. The maximum atomic E-state index is 9.28. The molecule has 2 heteroatoms. The predicted molar refractivity (Wildman–Crippen MR) is 74.7 cm³/mol. The summed E-state index contributed by atoms with van der Waals surface area (Å²) in [5.41, 5.74) is 2.09. The first kappa shape index (κ1) is 14.6. The quantitative estimate of drug-likeness (QED) is 0.744. The van der Waals surface area contributed by atoms with E-state index in [1.807, 2.05) is 6.07 Å². The number of benzene rings is 1. The van der Waals surface area contributed by atoms with Crippen molar-refractivity contribution in [2.24, 2.45) is 5.41 Å². The third kappa shape index (κ3) is 3.26. The zero-order valence-corrected chi connectivity index (χ0v) is 11.9. The molecule has 0 aliphatic heterocycles. The van der Waals surface area contributed by atoms with Gasteiger partial charge < -0.3 is 4.74 Å². The van der Waals surface area contributed by atoms with Crippen LogP contribution in [0.1, 0.15) is 44.2 Å². The van der Waals surface area contributed by atoms with E-state index in [9.17, 15) is 5.26 Å². The number of para-hydroxylation sites is 1. The van der Waals surface area contributed by atoms with Crippen molar-refractivity contribution in [2.75, 3.05) is 6.61 Å². The maximum Gasteiger partial charge on any atom is 0.125 e. The highest BCUT2D eigenvalue weighted by molar-refractivity contribution is 5.39. The average molecular weight is 245 g/mol. The fraction of sp³-hybridized carbons (Fsp3) is 0.562. The van der Waals surface area contributed by atoms with E-state index in [0.717, 1.165) is 36.1 Å². The molecule has 0 amide bonds. The number of hydrogen-bond donors (Lipinski definition) is 0. The molecule has 0 N–H and O–H groups in total. The highest BCUT2D eigenvalue weighted by Crippen LogP contribution is 2.30. The third-order valence-electron chi connectivity index (χ3n) is 3.83. The van der Waals surface area contributed by atoms with Crippen molar-refractivity contribution in [3.8, 4) is 11.8 Å². The van der Waals surface area contributed by atoms with Gasteiger partial charge in [0.15, 0.2) is 0 Å². The molecular weight excluding hydrogens is 222 g/mol. The summed E-state index contributed by atoms with van der Waals surface area (Å²) in [6.45, 7) is 8.87. The standard InChI is InChI=1S/C16H23NO/c1-5-16(6-2,12-17)10-11-18-15-13(3)8-7-9-14(15)4/h7-9H,5-6,10-11H2,1-4H3. The lowest BCUT2D eigenvalue weighted by atomic mass is 9.81. The lowest BCUT2D eigenvalue weighted by Gasteiger charge is -2.23. The van der Waals surface area contributed by atoms with Crippen molar-refractivity contribution in [1.82, 2.24) is 0 Å². The van der Waals surface area contributed by atoms with Gasteiger partial charge in [0.1, 0.15) is 5.75 Å². The van der Waals surface area contributed by atoms with E-state index < -0.39 is 0 Å². The van der Waals surface area contributed by atoms with Crippen molar-refractivity contribution >= 4 is 0 Å². The Balaban J connectivity index is 2.64. The van der Waals surface area contributed by atoms with Crippen LogP contribution in [0.25, 0.3) is 0 Å². The molecule has 0 unspecified atom stereocenters. The minimum Gasteiger partial charge on any atom is -0.493 e. The summed E-state index contributed by atoms with van der Waals surface area (Å²) in [4.78, 5) is 0. The Morgan fingerprint density at radius 2 is 1.72 bits per heavy atom.